The Balaban J connectivity index is 2.87. The van der Waals surface area contributed by atoms with Crippen LogP contribution in [0.4, 0.5) is 11.4 Å². The van der Waals surface area contributed by atoms with Crippen LogP contribution in [0.2, 0.25) is 0 Å². The molecular formula is C10H15N3O5S. The zero-order chi connectivity index (χ0) is 14.5. The number of para-hydroxylation sites is 1. The molecule has 0 aliphatic carbocycles. The molecule has 0 atom stereocenters. The molecule has 1 rings (SSSR count). The van der Waals surface area contributed by atoms with E-state index in [0.29, 0.717) is 0 Å². The lowest BCUT2D eigenvalue weighted by atomic mass is 10.2. The fraction of sp³-hybridized carbons (Fsp3) is 0.400. The van der Waals surface area contributed by atoms with Crippen molar-refractivity contribution in [3.8, 4) is 5.75 Å². The van der Waals surface area contributed by atoms with Gasteiger partial charge >= 0.3 is 5.69 Å². The summed E-state index contributed by atoms with van der Waals surface area (Å²) in [6.07, 6.45) is 0. The molecule has 0 heterocycles. The molecule has 0 amide bonds. The van der Waals surface area contributed by atoms with Crippen molar-refractivity contribution in [1.82, 2.24) is 4.72 Å². The first-order valence-electron chi connectivity index (χ1n) is 5.37. The van der Waals surface area contributed by atoms with Crippen LogP contribution in [0.15, 0.2) is 18.2 Å². The molecule has 0 unspecified atom stereocenters. The van der Waals surface area contributed by atoms with Gasteiger partial charge in [0.15, 0.2) is 5.75 Å². The number of anilines is 1. The number of nitro benzene ring substituents is 1. The number of methoxy groups -OCH3 is 1. The van der Waals surface area contributed by atoms with Crippen LogP contribution in [-0.4, -0.2) is 39.8 Å². The van der Waals surface area contributed by atoms with E-state index in [9.17, 15) is 18.5 Å². The Hall–Kier alpha value is -1.87. The summed E-state index contributed by atoms with van der Waals surface area (Å²) in [5.74, 6) is -0.0656. The molecule has 0 bridgehead atoms. The minimum atomic E-state index is -3.35. The maximum Gasteiger partial charge on any atom is 0.333 e. The summed E-state index contributed by atoms with van der Waals surface area (Å²) in [5, 5.41) is 13.7. The fourth-order valence-corrected chi connectivity index (χ4v) is 2.02. The highest BCUT2D eigenvalue weighted by molar-refractivity contribution is 7.89. The number of nitrogens with zero attached hydrogens (tertiary/aromatic N) is 1. The van der Waals surface area contributed by atoms with Gasteiger partial charge in [-0.25, -0.2) is 13.1 Å². The zero-order valence-corrected chi connectivity index (χ0v) is 11.4. The second-order valence-corrected chi connectivity index (χ2v) is 5.61. The predicted octanol–water partition coefficient (Wildman–Crippen LogP) is 0.564. The smallest absolute Gasteiger partial charge is 0.333 e. The quantitative estimate of drug-likeness (QED) is 0.560. The first kappa shape index (κ1) is 15.2. The van der Waals surface area contributed by atoms with Crippen LogP contribution in [0, 0.1) is 10.1 Å². The Morgan fingerprint density at radius 3 is 2.63 bits per heavy atom. The van der Waals surface area contributed by atoms with Crippen molar-refractivity contribution in [3.05, 3.63) is 28.3 Å². The first-order chi connectivity index (χ1) is 8.91. The molecule has 0 spiro atoms. The van der Waals surface area contributed by atoms with E-state index in [1.165, 1.54) is 26.3 Å². The van der Waals surface area contributed by atoms with E-state index in [-0.39, 0.29) is 29.4 Å². The Morgan fingerprint density at radius 1 is 1.42 bits per heavy atom. The van der Waals surface area contributed by atoms with Crippen molar-refractivity contribution in [2.45, 2.75) is 0 Å². The lowest BCUT2D eigenvalue weighted by molar-refractivity contribution is -0.384. The number of rotatable bonds is 7. The van der Waals surface area contributed by atoms with Crippen molar-refractivity contribution in [2.24, 2.45) is 0 Å². The van der Waals surface area contributed by atoms with Gasteiger partial charge < -0.3 is 10.1 Å². The Morgan fingerprint density at radius 2 is 2.11 bits per heavy atom. The molecule has 1 aromatic carbocycles. The fourth-order valence-electron chi connectivity index (χ4n) is 1.44. The normalized spacial score (nSPS) is 11.1. The highest BCUT2D eigenvalue weighted by atomic mass is 32.2. The van der Waals surface area contributed by atoms with Gasteiger partial charge in [0.25, 0.3) is 0 Å². The second-order valence-electron chi connectivity index (χ2n) is 3.56. The van der Waals surface area contributed by atoms with Crippen LogP contribution in [0.25, 0.3) is 0 Å². The summed E-state index contributed by atoms with van der Waals surface area (Å²) in [6, 6.07) is 4.54. The number of hydrogen-bond donors (Lipinski definition) is 2. The third-order valence-electron chi connectivity index (χ3n) is 2.40. The van der Waals surface area contributed by atoms with Gasteiger partial charge in [-0.3, -0.25) is 10.1 Å². The highest BCUT2D eigenvalue weighted by Gasteiger charge is 2.20. The molecule has 0 aromatic heterocycles. The van der Waals surface area contributed by atoms with Gasteiger partial charge in [0.05, 0.1) is 17.8 Å². The van der Waals surface area contributed by atoms with Gasteiger partial charge in [-0.05, 0) is 19.2 Å². The Labute approximate surface area is 111 Å². The van der Waals surface area contributed by atoms with E-state index in [4.69, 9.17) is 4.74 Å². The molecule has 8 nitrogen and oxygen atoms in total. The third-order valence-corrected chi connectivity index (χ3v) is 3.76. The average Bonchev–Trinajstić information content (AvgIpc) is 2.37. The number of ether oxygens (including phenoxy) is 1. The van der Waals surface area contributed by atoms with Gasteiger partial charge in [0.2, 0.25) is 10.0 Å². The van der Waals surface area contributed by atoms with Gasteiger partial charge in [-0.2, -0.15) is 0 Å². The number of nitro groups is 1. The largest absolute Gasteiger partial charge is 0.490 e. The molecule has 0 fully saturated rings. The molecule has 0 aliphatic heterocycles. The Kier molecular flexibility index (Phi) is 5.07. The second kappa shape index (κ2) is 6.34. The van der Waals surface area contributed by atoms with Gasteiger partial charge in [0.1, 0.15) is 5.69 Å². The van der Waals surface area contributed by atoms with Crippen LogP contribution in [0.1, 0.15) is 0 Å². The van der Waals surface area contributed by atoms with E-state index >= 15 is 0 Å². The van der Waals surface area contributed by atoms with E-state index in [1.54, 1.807) is 6.07 Å². The van der Waals surface area contributed by atoms with Gasteiger partial charge in [-0.1, -0.05) is 6.07 Å². The Bertz CT molecular complexity index is 558. The topological polar surface area (TPSA) is 111 Å². The average molecular weight is 289 g/mol. The summed E-state index contributed by atoms with van der Waals surface area (Å²) in [7, 11) is -0.712. The monoisotopic (exact) mass is 289 g/mol. The van der Waals surface area contributed by atoms with Crippen LogP contribution in [-0.2, 0) is 10.0 Å². The maximum absolute atomic E-state index is 11.2. The summed E-state index contributed by atoms with van der Waals surface area (Å²) in [6.45, 7) is 0.0528. The van der Waals surface area contributed by atoms with E-state index in [0.717, 1.165) is 0 Å². The van der Waals surface area contributed by atoms with Crippen molar-refractivity contribution in [3.63, 3.8) is 0 Å². The summed E-state index contributed by atoms with van der Waals surface area (Å²) in [5.41, 5.74) is 0.00232. The number of nitrogens with one attached hydrogen (secondary N) is 2. The van der Waals surface area contributed by atoms with Crippen molar-refractivity contribution < 1.29 is 18.1 Å². The number of sulfonamides is 1. The van der Waals surface area contributed by atoms with E-state index < -0.39 is 14.9 Å². The number of hydrogen-bond acceptors (Lipinski definition) is 6. The third kappa shape index (κ3) is 4.07. The zero-order valence-electron chi connectivity index (χ0n) is 10.5. The minimum absolute atomic E-state index is 0.0528. The summed E-state index contributed by atoms with van der Waals surface area (Å²) in [4.78, 5) is 10.4. The predicted molar refractivity (Wildman–Crippen MR) is 71.0 cm³/mol. The minimum Gasteiger partial charge on any atom is -0.490 e. The van der Waals surface area contributed by atoms with Gasteiger partial charge in [-0.15, -0.1) is 0 Å². The molecule has 19 heavy (non-hydrogen) atoms. The van der Waals surface area contributed by atoms with E-state index in [1.807, 2.05) is 0 Å². The van der Waals surface area contributed by atoms with Crippen LogP contribution >= 0.6 is 0 Å². The molecular weight excluding hydrogens is 274 g/mol. The molecule has 2 N–H and O–H groups in total. The van der Waals surface area contributed by atoms with Crippen molar-refractivity contribution >= 4 is 21.4 Å². The molecule has 0 saturated heterocycles. The molecule has 9 heteroatoms. The van der Waals surface area contributed by atoms with E-state index in [2.05, 4.69) is 10.0 Å². The lowest BCUT2D eigenvalue weighted by Gasteiger charge is -2.09. The molecule has 0 aliphatic rings. The number of benzene rings is 1. The van der Waals surface area contributed by atoms with Crippen LogP contribution in [0.3, 0.4) is 0 Å². The standard InChI is InChI=1S/C10H15N3O5S/c1-11-19(16,17)7-6-12-8-4-3-5-9(18-2)10(8)13(14)15/h3-5,11-12H,6-7H2,1-2H3. The summed E-state index contributed by atoms with van der Waals surface area (Å²) >= 11 is 0. The first-order valence-corrected chi connectivity index (χ1v) is 7.03. The van der Waals surface area contributed by atoms with Crippen molar-refractivity contribution in [1.29, 1.82) is 0 Å². The maximum atomic E-state index is 11.2. The van der Waals surface area contributed by atoms with Crippen LogP contribution < -0.4 is 14.8 Å². The lowest BCUT2D eigenvalue weighted by Crippen LogP contribution is -2.26. The van der Waals surface area contributed by atoms with Crippen LogP contribution in [0.5, 0.6) is 5.75 Å². The molecule has 106 valence electrons. The molecule has 0 radical (unpaired) electrons. The highest BCUT2D eigenvalue weighted by Crippen LogP contribution is 2.34. The molecule has 0 saturated carbocycles. The van der Waals surface area contributed by atoms with Gasteiger partial charge in [0, 0.05) is 6.54 Å². The SMILES string of the molecule is CNS(=O)(=O)CCNc1cccc(OC)c1[N+](=O)[O-]. The molecule has 1 aromatic rings. The summed E-state index contributed by atoms with van der Waals surface area (Å²) < 4.78 is 29.5. The van der Waals surface area contributed by atoms with Crippen molar-refractivity contribution in [2.75, 3.05) is 31.8 Å².